The van der Waals surface area contributed by atoms with Crippen LogP contribution >= 0.6 is 0 Å². The number of hydrogen-bond acceptors (Lipinski definition) is 4. The zero-order chi connectivity index (χ0) is 18.0. The predicted octanol–water partition coefficient (Wildman–Crippen LogP) is 3.55. The summed E-state index contributed by atoms with van der Waals surface area (Å²) < 4.78 is 11.1. The predicted molar refractivity (Wildman–Crippen MR) is 98.7 cm³/mol. The molecule has 1 aromatic carbocycles. The van der Waals surface area contributed by atoms with Crippen LogP contribution in [0.1, 0.15) is 40.5 Å². The molecule has 1 atom stereocenters. The first kappa shape index (κ1) is 20.5. The van der Waals surface area contributed by atoms with Gasteiger partial charge in [0.1, 0.15) is 11.4 Å². The Kier molecular flexibility index (Phi) is 8.79. The number of amides is 1. The van der Waals surface area contributed by atoms with Crippen molar-refractivity contribution in [3.8, 4) is 5.75 Å². The van der Waals surface area contributed by atoms with E-state index in [2.05, 4.69) is 24.1 Å². The zero-order valence-corrected chi connectivity index (χ0v) is 15.7. The molecule has 1 amide bonds. The van der Waals surface area contributed by atoms with Gasteiger partial charge in [-0.2, -0.15) is 0 Å². The van der Waals surface area contributed by atoms with E-state index in [1.165, 1.54) is 0 Å². The molecule has 0 aliphatic heterocycles. The van der Waals surface area contributed by atoms with Gasteiger partial charge >= 0.3 is 0 Å². The van der Waals surface area contributed by atoms with Gasteiger partial charge in [-0.05, 0) is 57.1 Å². The topological polar surface area (TPSA) is 50.8 Å². The van der Waals surface area contributed by atoms with Crippen LogP contribution in [0.25, 0.3) is 0 Å². The lowest BCUT2D eigenvalue weighted by Gasteiger charge is -2.25. The number of anilines is 1. The lowest BCUT2D eigenvalue weighted by molar-refractivity contribution is -0.136. The zero-order valence-electron chi connectivity index (χ0n) is 15.7. The first-order valence-electron chi connectivity index (χ1n) is 8.80. The van der Waals surface area contributed by atoms with Crippen molar-refractivity contribution in [3.63, 3.8) is 0 Å². The molecule has 24 heavy (non-hydrogen) atoms. The van der Waals surface area contributed by atoms with Gasteiger partial charge in [-0.3, -0.25) is 4.79 Å². The molecule has 0 radical (unpaired) electrons. The smallest absolute Gasteiger partial charge is 0.256 e. The van der Waals surface area contributed by atoms with Crippen molar-refractivity contribution in [3.05, 3.63) is 24.3 Å². The summed E-state index contributed by atoms with van der Waals surface area (Å²) in [5.41, 5.74) is -0.0632. The fraction of sp³-hybridized carbons (Fsp3) is 0.632. The van der Waals surface area contributed by atoms with Crippen LogP contribution in [0, 0.1) is 0 Å². The summed E-state index contributed by atoms with van der Waals surface area (Å²) in [4.78, 5) is 14.6. The highest BCUT2D eigenvalue weighted by atomic mass is 16.5. The normalized spacial score (nSPS) is 13.6. The van der Waals surface area contributed by atoms with Crippen molar-refractivity contribution < 1.29 is 14.3 Å². The minimum Gasteiger partial charge on any atom is -0.494 e. The molecule has 0 aliphatic rings. The second kappa shape index (κ2) is 10.3. The molecule has 1 N–H and O–H groups in total. The Hall–Kier alpha value is -1.59. The Balaban J connectivity index is 2.44. The second-order valence-electron chi connectivity index (χ2n) is 6.00. The third-order valence-electron chi connectivity index (χ3n) is 4.50. The number of benzene rings is 1. The number of rotatable bonds is 11. The number of nitrogens with one attached hydrogen (secondary N) is 1. The van der Waals surface area contributed by atoms with Gasteiger partial charge in [0.15, 0.2) is 0 Å². The van der Waals surface area contributed by atoms with E-state index in [1.54, 1.807) is 14.0 Å². The Morgan fingerprint density at radius 2 is 1.79 bits per heavy atom. The molecule has 136 valence electrons. The summed E-state index contributed by atoms with van der Waals surface area (Å²) in [6.45, 7) is 11.9. The second-order valence-corrected chi connectivity index (χ2v) is 6.00. The molecule has 1 aromatic rings. The van der Waals surface area contributed by atoms with Crippen molar-refractivity contribution in [1.82, 2.24) is 4.90 Å². The van der Waals surface area contributed by atoms with E-state index in [0.29, 0.717) is 13.0 Å². The number of carbonyl (C=O) groups is 1. The molecule has 0 saturated heterocycles. The van der Waals surface area contributed by atoms with Crippen molar-refractivity contribution >= 4 is 11.6 Å². The molecular formula is C19H32N2O3. The largest absolute Gasteiger partial charge is 0.494 e. The van der Waals surface area contributed by atoms with Gasteiger partial charge in [-0.1, -0.05) is 20.8 Å². The summed E-state index contributed by atoms with van der Waals surface area (Å²) in [5, 5.41) is 2.88. The third kappa shape index (κ3) is 6.13. The lowest BCUT2D eigenvalue weighted by Crippen LogP contribution is -2.41. The Morgan fingerprint density at radius 3 is 2.29 bits per heavy atom. The molecule has 0 fully saturated rings. The summed E-state index contributed by atoms with van der Waals surface area (Å²) >= 11 is 0. The minimum absolute atomic E-state index is 0.139. The molecule has 0 heterocycles. The van der Waals surface area contributed by atoms with Gasteiger partial charge in [-0.15, -0.1) is 0 Å². The van der Waals surface area contributed by atoms with Crippen LogP contribution in [0.5, 0.6) is 5.75 Å². The number of carbonyl (C=O) groups excluding carboxylic acids is 1. The average molecular weight is 336 g/mol. The number of hydrogen-bond donors (Lipinski definition) is 1. The fourth-order valence-corrected chi connectivity index (χ4v) is 2.31. The van der Waals surface area contributed by atoms with E-state index in [-0.39, 0.29) is 5.91 Å². The van der Waals surface area contributed by atoms with Gasteiger partial charge in [0.2, 0.25) is 0 Å². The summed E-state index contributed by atoms with van der Waals surface area (Å²) in [7, 11) is 1.55. The monoisotopic (exact) mass is 336 g/mol. The van der Waals surface area contributed by atoms with Gasteiger partial charge in [-0.25, -0.2) is 0 Å². The molecule has 0 unspecified atom stereocenters. The van der Waals surface area contributed by atoms with E-state index in [9.17, 15) is 4.79 Å². The molecule has 5 nitrogen and oxygen atoms in total. The summed E-state index contributed by atoms with van der Waals surface area (Å²) in [5.74, 6) is 0.679. The van der Waals surface area contributed by atoms with Crippen molar-refractivity contribution in [2.45, 2.75) is 46.1 Å². The average Bonchev–Trinajstić information content (AvgIpc) is 2.62. The highest BCUT2D eigenvalue weighted by molar-refractivity contribution is 5.97. The highest BCUT2D eigenvalue weighted by Crippen LogP contribution is 2.20. The molecule has 0 aromatic heterocycles. The van der Waals surface area contributed by atoms with Crippen LogP contribution in [-0.4, -0.2) is 49.8 Å². The maximum atomic E-state index is 12.2. The van der Waals surface area contributed by atoms with Crippen molar-refractivity contribution in [1.29, 1.82) is 0 Å². The van der Waals surface area contributed by atoms with Crippen molar-refractivity contribution in [2.75, 3.05) is 38.7 Å². The molecule has 0 bridgehead atoms. The molecular weight excluding hydrogens is 304 g/mol. The van der Waals surface area contributed by atoms with Crippen molar-refractivity contribution in [2.24, 2.45) is 0 Å². The molecule has 0 spiro atoms. The van der Waals surface area contributed by atoms with Crippen LogP contribution in [-0.2, 0) is 9.53 Å². The van der Waals surface area contributed by atoms with E-state index >= 15 is 0 Å². The van der Waals surface area contributed by atoms with Crippen LogP contribution < -0.4 is 10.1 Å². The van der Waals surface area contributed by atoms with E-state index in [1.807, 2.05) is 31.2 Å². The lowest BCUT2D eigenvalue weighted by atomic mass is 10.0. The van der Waals surface area contributed by atoms with Crippen LogP contribution in [0.4, 0.5) is 5.69 Å². The van der Waals surface area contributed by atoms with Gasteiger partial charge in [0.25, 0.3) is 5.91 Å². The van der Waals surface area contributed by atoms with Gasteiger partial charge in [0.05, 0.1) is 6.61 Å². The maximum Gasteiger partial charge on any atom is 0.256 e. The molecule has 5 heteroatoms. The molecule has 1 rings (SSSR count). The quantitative estimate of drug-likeness (QED) is 0.628. The van der Waals surface area contributed by atoms with E-state index < -0.39 is 5.60 Å². The molecule has 0 saturated carbocycles. The fourth-order valence-electron chi connectivity index (χ4n) is 2.31. The Morgan fingerprint density at radius 1 is 1.17 bits per heavy atom. The number of ether oxygens (including phenoxy) is 2. The maximum absolute atomic E-state index is 12.2. The Labute approximate surface area is 146 Å². The standard InChI is InChI=1S/C19H32N2O3/c1-6-19(4,23-5)18(22)20-16-10-12-17(13-11-16)24-15-9-14-21(7-2)8-3/h10-13H,6-9,14-15H2,1-5H3,(H,20,22)/t19-/m0/s1. The van der Waals surface area contributed by atoms with E-state index in [0.717, 1.165) is 37.5 Å². The van der Waals surface area contributed by atoms with E-state index in [4.69, 9.17) is 9.47 Å². The first-order chi connectivity index (χ1) is 11.5. The summed E-state index contributed by atoms with van der Waals surface area (Å²) in [6.07, 6.45) is 1.62. The number of nitrogens with zero attached hydrogens (tertiary/aromatic N) is 1. The van der Waals surface area contributed by atoms with Crippen LogP contribution in [0.2, 0.25) is 0 Å². The summed E-state index contributed by atoms with van der Waals surface area (Å²) in [6, 6.07) is 7.46. The number of methoxy groups -OCH3 is 1. The molecule has 0 aliphatic carbocycles. The highest BCUT2D eigenvalue weighted by Gasteiger charge is 2.30. The van der Waals surface area contributed by atoms with Gasteiger partial charge in [0, 0.05) is 19.3 Å². The van der Waals surface area contributed by atoms with Crippen LogP contribution in [0.15, 0.2) is 24.3 Å². The SMILES string of the molecule is CCN(CC)CCCOc1ccc(NC(=O)[C@](C)(CC)OC)cc1. The van der Waals surface area contributed by atoms with Gasteiger partial charge < -0.3 is 19.7 Å². The Bertz CT molecular complexity index is 480. The third-order valence-corrected chi connectivity index (χ3v) is 4.50. The van der Waals surface area contributed by atoms with Crippen LogP contribution in [0.3, 0.4) is 0 Å². The minimum atomic E-state index is -0.806. The first-order valence-corrected chi connectivity index (χ1v) is 8.80.